The maximum Gasteiger partial charge on any atom is 0.427 e. The summed E-state index contributed by atoms with van der Waals surface area (Å²) in [6.45, 7) is 5.81. The molecule has 1 N–H and O–H groups in total. The Hall–Kier alpha value is -0.383. The quantitative estimate of drug-likeness (QED) is 0.318. The Morgan fingerprint density at radius 3 is 1.86 bits per heavy atom. The van der Waals surface area contributed by atoms with E-state index in [2.05, 4.69) is 9.57 Å². The summed E-state index contributed by atoms with van der Waals surface area (Å²) >= 11 is 0. The van der Waals surface area contributed by atoms with Crippen molar-refractivity contribution < 1.29 is 5.21 Å². The van der Waals surface area contributed by atoms with Gasteiger partial charge in [-0.1, -0.05) is 0 Å². The van der Waals surface area contributed by atoms with E-state index in [1.165, 1.54) is 0 Å². The van der Waals surface area contributed by atoms with Crippen LogP contribution in [0.3, 0.4) is 0 Å². The van der Waals surface area contributed by atoms with Gasteiger partial charge in [-0.05, 0) is 19.6 Å². The van der Waals surface area contributed by atoms with Crippen LogP contribution < -0.4 is 0 Å². The van der Waals surface area contributed by atoms with Gasteiger partial charge in [-0.25, -0.2) is 5.21 Å². The van der Waals surface area contributed by atoms with Crippen LogP contribution in [0.1, 0.15) is 0 Å². The minimum Gasteiger partial charge on any atom is -0.296 e. The summed E-state index contributed by atoms with van der Waals surface area (Å²) in [6, 6.07) is 0. The Kier molecular flexibility index (Phi) is 1.95. The normalized spacial score (nSPS) is 13.0. The van der Waals surface area contributed by atoms with Crippen molar-refractivity contribution in [3.05, 3.63) is 4.23 Å². The summed E-state index contributed by atoms with van der Waals surface area (Å²) < 4.78 is 4.55. The third-order valence-corrected chi connectivity index (χ3v) is 0.944. The van der Waals surface area contributed by atoms with Crippen molar-refractivity contribution in [3.63, 3.8) is 0 Å². The van der Waals surface area contributed by atoms with E-state index in [-0.39, 0.29) is 0 Å². The van der Waals surface area contributed by atoms with Crippen LogP contribution in [0.2, 0.25) is 19.6 Å². The Bertz CT molecular complexity index is 75.5. The molecule has 4 heteroatoms. The van der Waals surface area contributed by atoms with Crippen LogP contribution in [0.5, 0.6) is 0 Å². The van der Waals surface area contributed by atoms with E-state index < -0.39 is 8.32 Å². The fourth-order valence-corrected chi connectivity index (χ4v) is 0.367. The second-order valence-electron chi connectivity index (χ2n) is 2.29. The lowest BCUT2D eigenvalue weighted by Gasteiger charge is -1.91. The van der Waals surface area contributed by atoms with Crippen LogP contribution in [0, 0.1) is 4.23 Å². The maximum atomic E-state index is 7.84. The number of hydrogen-bond donors (Lipinski definition) is 1. The maximum absolute atomic E-state index is 7.84. The van der Waals surface area contributed by atoms with Gasteiger partial charge < -0.3 is 0 Å². The summed E-state index contributed by atoms with van der Waals surface area (Å²) in [5, 5.41) is 10.4. The molecule has 0 fully saturated rings. The van der Waals surface area contributed by atoms with Crippen molar-refractivity contribution in [3.8, 4) is 0 Å². The van der Waals surface area contributed by atoms with Crippen LogP contribution in [0.15, 0.2) is 5.34 Å². The van der Waals surface area contributed by atoms with Gasteiger partial charge in [0.25, 0.3) is 0 Å². The molecule has 0 rings (SSSR count). The molecule has 0 aromatic heterocycles. The lowest BCUT2D eigenvalue weighted by molar-refractivity contribution is 0.309. The Balaban J connectivity index is 3.56. The third kappa shape index (κ3) is 5.62. The number of rotatable bonds is 1. The molecule has 42 valence electrons. The van der Waals surface area contributed by atoms with Gasteiger partial charge in [0.1, 0.15) is 0 Å². The predicted molar refractivity (Wildman–Crippen MR) is 30.9 cm³/mol. The van der Waals surface area contributed by atoms with E-state index in [4.69, 9.17) is 5.21 Å². The highest BCUT2D eigenvalue weighted by atomic mass is 28.4. The second kappa shape index (κ2) is 2.06. The zero-order valence-corrected chi connectivity index (χ0v) is 5.80. The third-order valence-electron chi connectivity index (χ3n) is 0.315. The van der Waals surface area contributed by atoms with Gasteiger partial charge in [-0.2, -0.15) is 0 Å². The van der Waals surface area contributed by atoms with E-state index >= 15 is 0 Å². The minimum atomic E-state index is -1.57. The molecular weight excluding hydrogens is 110 g/mol. The molecule has 0 saturated carbocycles. The fourth-order valence-electron chi connectivity index (χ4n) is 0.122. The second-order valence-corrected chi connectivity index (χ2v) is 6.69. The number of hydrogen-bond acceptors (Lipinski definition) is 1. The van der Waals surface area contributed by atoms with Crippen molar-refractivity contribution >= 4 is 8.32 Å². The van der Waals surface area contributed by atoms with Crippen molar-refractivity contribution in [2.75, 3.05) is 0 Å². The highest BCUT2D eigenvalue weighted by Crippen LogP contribution is 1.97. The summed E-state index contributed by atoms with van der Waals surface area (Å²) in [5.74, 6) is 0. The Morgan fingerprint density at radius 2 is 1.86 bits per heavy atom. The first-order valence-corrected chi connectivity index (χ1v) is 5.49. The van der Waals surface area contributed by atoms with Crippen molar-refractivity contribution in [1.82, 2.24) is 0 Å². The summed E-state index contributed by atoms with van der Waals surface area (Å²) in [5.41, 5.74) is 0. The summed E-state index contributed by atoms with van der Waals surface area (Å²) in [6.07, 6.45) is 0. The van der Waals surface area contributed by atoms with Crippen LogP contribution in [0.4, 0.5) is 0 Å². The first-order valence-electron chi connectivity index (χ1n) is 2.09. The van der Waals surface area contributed by atoms with Gasteiger partial charge in [-0.15, -0.1) is 0 Å². The average molecular weight is 120 g/mol. The largest absolute Gasteiger partial charge is 0.427 e. The van der Waals surface area contributed by atoms with Gasteiger partial charge in [0.05, 0.1) is 0 Å². The highest BCUT2D eigenvalue weighted by Gasteiger charge is 2.23. The first kappa shape index (κ1) is 6.62. The molecule has 0 aromatic carbocycles. The molecule has 0 spiro atoms. The smallest absolute Gasteiger partial charge is 0.296 e. The minimum absolute atomic E-state index is 1.57. The molecular formula is C3H10NO2Si+. The van der Waals surface area contributed by atoms with Gasteiger partial charge >= 0.3 is 13.7 Å². The van der Waals surface area contributed by atoms with Crippen LogP contribution in [0.25, 0.3) is 0 Å². The van der Waals surface area contributed by atoms with Gasteiger partial charge in [-0.3, -0.25) is 4.23 Å². The summed E-state index contributed by atoms with van der Waals surface area (Å²) in [4.78, 5) is 0. The molecule has 0 aliphatic heterocycles. The molecule has 0 aromatic rings. The van der Waals surface area contributed by atoms with Crippen molar-refractivity contribution in [1.29, 1.82) is 0 Å². The SMILES string of the molecule is C[Si](C)(C)[O+]=NO. The molecule has 7 heavy (non-hydrogen) atoms. The highest BCUT2D eigenvalue weighted by molar-refractivity contribution is 6.79. The topological polar surface area (TPSA) is 43.9 Å². The van der Waals surface area contributed by atoms with Gasteiger partial charge in [0, 0.05) is 0 Å². The fraction of sp³-hybridized carbons (Fsp3) is 1.00. The van der Waals surface area contributed by atoms with E-state index in [1.807, 2.05) is 19.6 Å². The number of nitrogens with zero attached hydrogens (tertiary/aromatic N) is 1. The van der Waals surface area contributed by atoms with E-state index in [9.17, 15) is 0 Å². The lowest BCUT2D eigenvalue weighted by Crippen LogP contribution is -2.16. The van der Waals surface area contributed by atoms with E-state index in [0.29, 0.717) is 0 Å². The molecule has 3 nitrogen and oxygen atoms in total. The van der Waals surface area contributed by atoms with Crippen LogP contribution in [-0.2, 0) is 0 Å². The monoisotopic (exact) mass is 120 g/mol. The zero-order chi connectivity index (χ0) is 5.91. The van der Waals surface area contributed by atoms with Crippen LogP contribution >= 0.6 is 0 Å². The first-order chi connectivity index (χ1) is 3.06. The van der Waals surface area contributed by atoms with E-state index in [0.717, 1.165) is 0 Å². The van der Waals surface area contributed by atoms with Crippen molar-refractivity contribution in [2.24, 2.45) is 5.34 Å². The molecule has 0 saturated heterocycles. The molecule has 0 heterocycles. The zero-order valence-electron chi connectivity index (χ0n) is 4.80. The Morgan fingerprint density at radius 1 is 1.43 bits per heavy atom. The standard InChI is InChI=1S/C3H9NO2Si/c1-7(2,3)6-4-5/h1-3H3/p+1. The molecule has 0 atom stereocenters. The summed E-state index contributed by atoms with van der Waals surface area (Å²) in [7, 11) is -1.57. The van der Waals surface area contributed by atoms with Crippen LogP contribution in [-0.4, -0.2) is 13.5 Å². The predicted octanol–water partition coefficient (Wildman–Crippen LogP) is 1.51. The molecule has 0 aliphatic carbocycles. The van der Waals surface area contributed by atoms with Crippen molar-refractivity contribution in [2.45, 2.75) is 19.6 Å². The molecule has 0 unspecified atom stereocenters. The average Bonchev–Trinajstić information content (AvgIpc) is 1.30. The van der Waals surface area contributed by atoms with Gasteiger partial charge in [0.2, 0.25) is 0 Å². The molecule has 0 radical (unpaired) electrons. The van der Waals surface area contributed by atoms with Gasteiger partial charge in [0.15, 0.2) is 0 Å². The lowest BCUT2D eigenvalue weighted by atomic mass is 11.8. The Labute approximate surface area is 43.7 Å². The molecule has 0 bridgehead atoms. The van der Waals surface area contributed by atoms with E-state index in [1.54, 1.807) is 0 Å². The molecule has 0 amide bonds. The molecule has 0 aliphatic rings.